The van der Waals surface area contributed by atoms with E-state index in [0.29, 0.717) is 13.2 Å². The summed E-state index contributed by atoms with van der Waals surface area (Å²) < 4.78 is 11.2. The molecule has 1 N–H and O–H groups in total. The van der Waals surface area contributed by atoms with Crippen LogP contribution in [0.15, 0.2) is 54.6 Å². The molecule has 1 aliphatic heterocycles. The van der Waals surface area contributed by atoms with Gasteiger partial charge in [-0.1, -0.05) is 50.2 Å². The molecule has 0 spiro atoms. The van der Waals surface area contributed by atoms with Crippen molar-refractivity contribution in [2.45, 2.75) is 19.9 Å². The monoisotopic (exact) mass is 337 g/mol. The summed E-state index contributed by atoms with van der Waals surface area (Å²) in [6.45, 7) is 5.29. The summed E-state index contributed by atoms with van der Waals surface area (Å²) in [5, 5.41) is 3.09. The predicted molar refractivity (Wildman–Crippen MR) is 98.6 cm³/mol. The molecular weight excluding hydrogens is 314 g/mol. The number of amides is 1. The SMILES string of the molecule is CC(C)[C@H](NC(=O)/C=C/c1ccccc1)c1ccc2c(c1)OCCO2. The highest BCUT2D eigenvalue weighted by Crippen LogP contribution is 2.34. The number of nitrogens with one attached hydrogen (secondary N) is 1. The summed E-state index contributed by atoms with van der Waals surface area (Å²) in [4.78, 5) is 12.3. The maximum atomic E-state index is 12.3. The van der Waals surface area contributed by atoms with E-state index in [0.717, 1.165) is 22.6 Å². The topological polar surface area (TPSA) is 47.6 Å². The third kappa shape index (κ3) is 4.41. The molecule has 0 aliphatic carbocycles. The zero-order valence-electron chi connectivity index (χ0n) is 14.6. The Kier molecular flexibility index (Phi) is 5.39. The molecule has 0 fully saturated rings. The molecule has 0 radical (unpaired) electrons. The van der Waals surface area contributed by atoms with Gasteiger partial charge < -0.3 is 14.8 Å². The minimum atomic E-state index is -0.113. The molecule has 1 aliphatic rings. The van der Waals surface area contributed by atoms with Crippen molar-refractivity contribution in [3.05, 3.63) is 65.7 Å². The first-order chi connectivity index (χ1) is 12.1. The molecule has 0 unspecified atom stereocenters. The number of rotatable bonds is 5. The van der Waals surface area contributed by atoms with Crippen LogP contribution in [0.25, 0.3) is 6.08 Å². The molecule has 4 nitrogen and oxygen atoms in total. The van der Waals surface area contributed by atoms with Crippen LogP contribution in [0.5, 0.6) is 11.5 Å². The van der Waals surface area contributed by atoms with Crippen LogP contribution in [-0.4, -0.2) is 19.1 Å². The van der Waals surface area contributed by atoms with Gasteiger partial charge in [-0.05, 0) is 35.3 Å². The molecule has 1 atom stereocenters. The van der Waals surface area contributed by atoms with Gasteiger partial charge in [-0.25, -0.2) is 0 Å². The highest BCUT2D eigenvalue weighted by atomic mass is 16.6. The van der Waals surface area contributed by atoms with Gasteiger partial charge in [0.1, 0.15) is 13.2 Å². The van der Waals surface area contributed by atoms with Crippen LogP contribution >= 0.6 is 0 Å². The summed E-state index contributed by atoms with van der Waals surface area (Å²) in [6, 6.07) is 15.5. The average Bonchev–Trinajstić information content (AvgIpc) is 2.64. The number of carbonyl (C=O) groups excluding carboxylic acids is 1. The zero-order chi connectivity index (χ0) is 17.6. The quantitative estimate of drug-likeness (QED) is 0.840. The Bertz CT molecular complexity index is 753. The Morgan fingerprint density at radius 3 is 2.48 bits per heavy atom. The van der Waals surface area contributed by atoms with Crippen LogP contribution in [0.4, 0.5) is 0 Å². The molecule has 1 amide bonds. The fraction of sp³-hybridized carbons (Fsp3) is 0.286. The summed E-state index contributed by atoms with van der Waals surface area (Å²) in [7, 11) is 0. The Morgan fingerprint density at radius 2 is 1.76 bits per heavy atom. The molecule has 2 aromatic carbocycles. The zero-order valence-corrected chi connectivity index (χ0v) is 14.6. The maximum absolute atomic E-state index is 12.3. The molecular formula is C21H23NO3. The summed E-state index contributed by atoms with van der Waals surface area (Å²) in [6.07, 6.45) is 3.39. The Morgan fingerprint density at radius 1 is 1.04 bits per heavy atom. The Hall–Kier alpha value is -2.75. The van der Waals surface area contributed by atoms with E-state index < -0.39 is 0 Å². The standard InChI is InChI=1S/C21H23NO3/c1-15(2)21(17-9-10-18-19(14-17)25-13-12-24-18)22-20(23)11-8-16-6-4-3-5-7-16/h3-11,14-15,21H,12-13H2,1-2H3,(H,22,23)/b11-8+/t21-/m0/s1. The van der Waals surface area contributed by atoms with E-state index in [2.05, 4.69) is 19.2 Å². The predicted octanol–water partition coefficient (Wildman–Crippen LogP) is 3.98. The molecule has 25 heavy (non-hydrogen) atoms. The van der Waals surface area contributed by atoms with Crippen molar-refractivity contribution in [3.8, 4) is 11.5 Å². The first-order valence-corrected chi connectivity index (χ1v) is 8.56. The van der Waals surface area contributed by atoms with Crippen molar-refractivity contribution in [1.29, 1.82) is 0 Å². The first kappa shape index (κ1) is 17.1. The molecule has 1 heterocycles. The van der Waals surface area contributed by atoms with Crippen molar-refractivity contribution in [2.24, 2.45) is 5.92 Å². The molecule has 130 valence electrons. The van der Waals surface area contributed by atoms with Crippen LogP contribution in [-0.2, 0) is 4.79 Å². The van der Waals surface area contributed by atoms with E-state index in [1.54, 1.807) is 6.08 Å². The lowest BCUT2D eigenvalue weighted by atomic mass is 9.95. The molecule has 4 heteroatoms. The van der Waals surface area contributed by atoms with Crippen LogP contribution in [0.3, 0.4) is 0 Å². The lowest BCUT2D eigenvalue weighted by molar-refractivity contribution is -0.117. The Balaban J connectivity index is 1.73. The van der Waals surface area contributed by atoms with Gasteiger partial charge >= 0.3 is 0 Å². The molecule has 0 bridgehead atoms. The van der Waals surface area contributed by atoms with Crippen LogP contribution < -0.4 is 14.8 Å². The second-order valence-corrected chi connectivity index (χ2v) is 6.38. The van der Waals surface area contributed by atoms with Crippen molar-refractivity contribution < 1.29 is 14.3 Å². The second kappa shape index (κ2) is 7.88. The first-order valence-electron chi connectivity index (χ1n) is 8.56. The van der Waals surface area contributed by atoms with E-state index in [-0.39, 0.29) is 17.9 Å². The third-order valence-corrected chi connectivity index (χ3v) is 4.12. The lowest BCUT2D eigenvalue weighted by Crippen LogP contribution is -2.30. The Labute approximate surface area is 148 Å². The molecule has 0 aromatic heterocycles. The molecule has 0 saturated carbocycles. The minimum absolute atomic E-state index is 0.0938. The van der Waals surface area contributed by atoms with Gasteiger partial charge in [0.15, 0.2) is 11.5 Å². The second-order valence-electron chi connectivity index (χ2n) is 6.38. The molecule has 2 aromatic rings. The molecule has 0 saturated heterocycles. The van der Waals surface area contributed by atoms with Crippen LogP contribution in [0.2, 0.25) is 0 Å². The van der Waals surface area contributed by atoms with Crippen LogP contribution in [0, 0.1) is 5.92 Å². The maximum Gasteiger partial charge on any atom is 0.244 e. The van der Waals surface area contributed by atoms with E-state index in [1.807, 2.05) is 54.6 Å². The van der Waals surface area contributed by atoms with E-state index >= 15 is 0 Å². The van der Waals surface area contributed by atoms with Gasteiger partial charge in [0.2, 0.25) is 5.91 Å². The van der Waals surface area contributed by atoms with Gasteiger partial charge in [0.25, 0.3) is 0 Å². The van der Waals surface area contributed by atoms with Crippen molar-refractivity contribution in [2.75, 3.05) is 13.2 Å². The van der Waals surface area contributed by atoms with Gasteiger partial charge in [0, 0.05) is 6.08 Å². The lowest BCUT2D eigenvalue weighted by Gasteiger charge is -2.25. The average molecular weight is 337 g/mol. The highest BCUT2D eigenvalue weighted by molar-refractivity contribution is 5.92. The fourth-order valence-corrected chi connectivity index (χ4v) is 2.83. The molecule has 3 rings (SSSR count). The van der Waals surface area contributed by atoms with Gasteiger partial charge in [-0.3, -0.25) is 4.79 Å². The van der Waals surface area contributed by atoms with Crippen LogP contribution in [0.1, 0.15) is 31.0 Å². The van der Waals surface area contributed by atoms with Gasteiger partial charge in [-0.2, -0.15) is 0 Å². The number of fused-ring (bicyclic) bond motifs is 1. The number of carbonyl (C=O) groups is 1. The van der Waals surface area contributed by atoms with E-state index in [1.165, 1.54) is 0 Å². The number of hydrogen-bond donors (Lipinski definition) is 1. The number of benzene rings is 2. The summed E-state index contributed by atoms with van der Waals surface area (Å²) >= 11 is 0. The fourth-order valence-electron chi connectivity index (χ4n) is 2.83. The van der Waals surface area contributed by atoms with Crippen molar-refractivity contribution >= 4 is 12.0 Å². The minimum Gasteiger partial charge on any atom is -0.486 e. The summed E-state index contributed by atoms with van der Waals surface area (Å²) in [5.74, 6) is 1.63. The van der Waals surface area contributed by atoms with Gasteiger partial charge in [-0.15, -0.1) is 0 Å². The van der Waals surface area contributed by atoms with Crippen molar-refractivity contribution in [3.63, 3.8) is 0 Å². The largest absolute Gasteiger partial charge is 0.486 e. The smallest absolute Gasteiger partial charge is 0.244 e. The third-order valence-electron chi connectivity index (χ3n) is 4.12. The highest BCUT2D eigenvalue weighted by Gasteiger charge is 2.20. The number of hydrogen-bond acceptors (Lipinski definition) is 3. The van der Waals surface area contributed by atoms with Crippen molar-refractivity contribution in [1.82, 2.24) is 5.32 Å². The van der Waals surface area contributed by atoms with E-state index in [9.17, 15) is 4.79 Å². The summed E-state index contributed by atoms with van der Waals surface area (Å²) in [5.41, 5.74) is 2.01. The normalized spacial score (nSPS) is 14.5. The van der Waals surface area contributed by atoms with E-state index in [4.69, 9.17) is 9.47 Å². The number of ether oxygens (including phenoxy) is 2. The van der Waals surface area contributed by atoms with Gasteiger partial charge in [0.05, 0.1) is 6.04 Å².